The Morgan fingerprint density at radius 3 is 2.14 bits per heavy atom. The van der Waals surface area contributed by atoms with E-state index in [1.54, 1.807) is 12.1 Å². The Bertz CT molecular complexity index is 804. The summed E-state index contributed by atoms with van der Waals surface area (Å²) in [5.41, 5.74) is 7.78. The topological polar surface area (TPSA) is 111 Å². The average molecular weight is 383 g/mol. The first-order valence-electron chi connectivity index (χ1n) is 9.03. The third-order valence-electron chi connectivity index (χ3n) is 3.93. The fourth-order valence-electron chi connectivity index (χ4n) is 2.67. The lowest BCUT2D eigenvalue weighted by atomic mass is 10.0. The number of nitrogens with two attached hydrogens (primary N) is 1. The Kier molecular flexibility index (Phi) is 7.56. The summed E-state index contributed by atoms with van der Waals surface area (Å²) < 4.78 is 5.01. The predicted molar refractivity (Wildman–Crippen MR) is 107 cm³/mol. The summed E-state index contributed by atoms with van der Waals surface area (Å²) in [7, 11) is 0. The molecule has 0 heterocycles. The molecule has 7 nitrogen and oxygen atoms in total. The van der Waals surface area contributed by atoms with Gasteiger partial charge in [-0.25, -0.2) is 9.59 Å². The normalized spacial score (nSPS) is 11.5. The van der Waals surface area contributed by atoms with Crippen molar-refractivity contribution < 1.29 is 19.1 Å². The monoisotopic (exact) mass is 383 g/mol. The first-order valence-corrected chi connectivity index (χ1v) is 9.03. The van der Waals surface area contributed by atoms with Gasteiger partial charge in [0.25, 0.3) is 5.91 Å². The molecule has 0 fully saturated rings. The number of carbonyl (C=O) groups is 3. The largest absolute Gasteiger partial charge is 0.454 e. The maximum Gasteiger partial charge on any atom is 0.329 e. The van der Waals surface area contributed by atoms with Gasteiger partial charge in [0.1, 0.15) is 6.04 Å². The molecule has 2 rings (SSSR count). The van der Waals surface area contributed by atoms with Gasteiger partial charge in [-0.1, -0.05) is 56.3 Å². The van der Waals surface area contributed by atoms with E-state index in [-0.39, 0.29) is 5.92 Å². The van der Waals surface area contributed by atoms with E-state index in [1.807, 2.05) is 56.3 Å². The molecule has 0 unspecified atom stereocenters. The molecule has 0 aliphatic carbocycles. The molecular weight excluding hydrogens is 358 g/mol. The molecule has 3 amide bonds. The van der Waals surface area contributed by atoms with Crippen LogP contribution in [-0.4, -0.2) is 30.6 Å². The van der Waals surface area contributed by atoms with Crippen molar-refractivity contribution in [1.82, 2.24) is 5.32 Å². The first-order chi connectivity index (χ1) is 13.3. The number of urea groups is 1. The van der Waals surface area contributed by atoms with Crippen molar-refractivity contribution in [1.29, 1.82) is 0 Å². The van der Waals surface area contributed by atoms with Gasteiger partial charge in [-0.15, -0.1) is 0 Å². The van der Waals surface area contributed by atoms with E-state index < -0.39 is 30.6 Å². The average Bonchev–Trinajstić information content (AvgIpc) is 2.66. The van der Waals surface area contributed by atoms with Crippen LogP contribution in [0.15, 0.2) is 54.6 Å². The number of nitrogens with one attached hydrogen (secondary N) is 2. The van der Waals surface area contributed by atoms with Gasteiger partial charge in [0.05, 0.1) is 0 Å². The highest BCUT2D eigenvalue weighted by Crippen LogP contribution is 2.20. The number of benzene rings is 2. The van der Waals surface area contributed by atoms with Gasteiger partial charge in [-0.2, -0.15) is 0 Å². The van der Waals surface area contributed by atoms with E-state index in [0.717, 1.165) is 11.1 Å². The van der Waals surface area contributed by atoms with E-state index >= 15 is 0 Å². The van der Waals surface area contributed by atoms with Crippen LogP contribution in [0, 0.1) is 5.92 Å². The van der Waals surface area contributed by atoms with Crippen LogP contribution in [-0.2, 0) is 14.3 Å². The highest BCUT2D eigenvalue weighted by atomic mass is 16.5. The van der Waals surface area contributed by atoms with Gasteiger partial charge >= 0.3 is 12.0 Å². The Balaban J connectivity index is 1.87. The maximum atomic E-state index is 12.1. The van der Waals surface area contributed by atoms with Crippen LogP contribution < -0.4 is 16.4 Å². The maximum absolute atomic E-state index is 12.1. The van der Waals surface area contributed by atoms with Crippen molar-refractivity contribution in [2.45, 2.75) is 26.3 Å². The van der Waals surface area contributed by atoms with Crippen molar-refractivity contribution in [2.24, 2.45) is 11.7 Å². The number of ether oxygens (including phenoxy) is 1. The molecule has 0 aliphatic heterocycles. The lowest BCUT2D eigenvalue weighted by Gasteiger charge is -2.18. The minimum atomic E-state index is -0.879. The van der Waals surface area contributed by atoms with E-state index in [2.05, 4.69) is 10.6 Å². The van der Waals surface area contributed by atoms with Crippen LogP contribution in [0.4, 0.5) is 10.5 Å². The van der Waals surface area contributed by atoms with E-state index in [0.29, 0.717) is 12.1 Å². The molecule has 0 aliphatic rings. The Morgan fingerprint density at radius 2 is 1.57 bits per heavy atom. The lowest BCUT2D eigenvalue weighted by Crippen LogP contribution is -2.45. The van der Waals surface area contributed by atoms with Crippen LogP contribution in [0.3, 0.4) is 0 Å². The number of esters is 1. The summed E-state index contributed by atoms with van der Waals surface area (Å²) in [5, 5.41) is 5.01. The Morgan fingerprint density at radius 1 is 0.964 bits per heavy atom. The number of primary amides is 1. The molecule has 28 heavy (non-hydrogen) atoms. The molecule has 4 N–H and O–H groups in total. The quantitative estimate of drug-likeness (QED) is 0.609. The number of carbonyl (C=O) groups excluding carboxylic acids is 3. The molecule has 1 atom stereocenters. The fourth-order valence-corrected chi connectivity index (χ4v) is 2.67. The first kappa shape index (κ1) is 21.0. The molecule has 0 bridgehead atoms. The molecule has 0 spiro atoms. The summed E-state index contributed by atoms with van der Waals surface area (Å²) in [6.07, 6.45) is 0.365. The Labute approximate surface area is 164 Å². The molecule has 0 saturated carbocycles. The van der Waals surface area contributed by atoms with E-state index in [4.69, 9.17) is 10.5 Å². The van der Waals surface area contributed by atoms with E-state index in [9.17, 15) is 14.4 Å². The van der Waals surface area contributed by atoms with Crippen LogP contribution in [0.2, 0.25) is 0 Å². The summed E-state index contributed by atoms with van der Waals surface area (Å²) in [6, 6.07) is 15.5. The fraction of sp³-hybridized carbons (Fsp3) is 0.286. The summed E-state index contributed by atoms with van der Waals surface area (Å²) in [4.78, 5) is 35.2. The standard InChI is InChI=1S/C21H25N3O4/c1-14(2)12-18(24-21(22)27)20(26)28-13-19(25)23-17-10-8-16(9-11-17)15-6-4-3-5-7-15/h3-11,14,18H,12-13H2,1-2H3,(H,23,25)(H3,22,24,27)/t18-/m0/s1. The van der Waals surface area contributed by atoms with Crippen molar-refractivity contribution in [3.05, 3.63) is 54.6 Å². The molecule has 0 aromatic heterocycles. The van der Waals surface area contributed by atoms with Crippen LogP contribution in [0.5, 0.6) is 0 Å². The second-order valence-corrected chi connectivity index (χ2v) is 6.79. The van der Waals surface area contributed by atoms with Crippen molar-refractivity contribution in [2.75, 3.05) is 11.9 Å². The highest BCUT2D eigenvalue weighted by molar-refractivity contribution is 5.93. The van der Waals surface area contributed by atoms with Gasteiger partial charge < -0.3 is 21.1 Å². The van der Waals surface area contributed by atoms with Crippen molar-refractivity contribution in [3.63, 3.8) is 0 Å². The zero-order valence-electron chi connectivity index (χ0n) is 16.0. The molecule has 2 aromatic rings. The zero-order valence-corrected chi connectivity index (χ0v) is 16.0. The van der Waals surface area contributed by atoms with Gasteiger partial charge in [-0.3, -0.25) is 4.79 Å². The molecule has 0 radical (unpaired) electrons. The van der Waals surface area contributed by atoms with Crippen LogP contribution in [0.1, 0.15) is 20.3 Å². The number of amides is 3. The molecular formula is C21H25N3O4. The summed E-state index contributed by atoms with van der Waals surface area (Å²) in [6.45, 7) is 3.35. The van der Waals surface area contributed by atoms with Crippen molar-refractivity contribution >= 4 is 23.6 Å². The highest BCUT2D eigenvalue weighted by Gasteiger charge is 2.23. The minimum absolute atomic E-state index is 0.140. The van der Waals surface area contributed by atoms with Gasteiger partial charge in [0, 0.05) is 5.69 Å². The third kappa shape index (κ3) is 6.75. The Hall–Kier alpha value is -3.35. The second-order valence-electron chi connectivity index (χ2n) is 6.79. The predicted octanol–water partition coefficient (Wildman–Crippen LogP) is 2.92. The van der Waals surface area contributed by atoms with Gasteiger partial charge in [-0.05, 0) is 35.6 Å². The third-order valence-corrected chi connectivity index (χ3v) is 3.93. The van der Waals surface area contributed by atoms with Crippen molar-refractivity contribution in [3.8, 4) is 11.1 Å². The number of anilines is 1. The summed E-state index contributed by atoms with van der Waals surface area (Å²) >= 11 is 0. The van der Waals surface area contributed by atoms with E-state index in [1.165, 1.54) is 0 Å². The minimum Gasteiger partial charge on any atom is -0.454 e. The molecule has 148 valence electrons. The van der Waals surface area contributed by atoms with Crippen LogP contribution in [0.25, 0.3) is 11.1 Å². The lowest BCUT2D eigenvalue weighted by molar-refractivity contribution is -0.149. The molecule has 2 aromatic carbocycles. The number of hydrogen-bond donors (Lipinski definition) is 3. The number of rotatable bonds is 8. The molecule has 0 saturated heterocycles. The second kappa shape index (κ2) is 10.1. The zero-order chi connectivity index (χ0) is 20.5. The van der Waals surface area contributed by atoms with Gasteiger partial charge in [0.15, 0.2) is 6.61 Å². The summed E-state index contributed by atoms with van der Waals surface area (Å²) in [5.74, 6) is -1.02. The smallest absolute Gasteiger partial charge is 0.329 e. The SMILES string of the molecule is CC(C)C[C@H](NC(N)=O)C(=O)OCC(=O)Nc1ccc(-c2ccccc2)cc1. The van der Waals surface area contributed by atoms with Crippen LogP contribution >= 0.6 is 0 Å². The molecule has 7 heteroatoms. The van der Waals surface area contributed by atoms with Gasteiger partial charge in [0.2, 0.25) is 0 Å². The number of hydrogen-bond acceptors (Lipinski definition) is 4.